The highest BCUT2D eigenvalue weighted by molar-refractivity contribution is 6.34. The number of rotatable bonds is 7. The van der Waals surface area contributed by atoms with E-state index in [2.05, 4.69) is 4.98 Å². The molecule has 0 bridgehead atoms. The van der Waals surface area contributed by atoms with Crippen LogP contribution in [-0.2, 0) is 9.53 Å². The van der Waals surface area contributed by atoms with E-state index < -0.39 is 18.5 Å². The van der Waals surface area contributed by atoms with E-state index in [-0.39, 0.29) is 41.8 Å². The maximum atomic E-state index is 12.0. The third kappa shape index (κ3) is 6.11. The fourth-order valence-corrected chi connectivity index (χ4v) is 1.91. The van der Waals surface area contributed by atoms with Crippen molar-refractivity contribution in [3.8, 4) is 12.1 Å². The number of aromatic nitrogens is 1. The Morgan fingerprint density at radius 2 is 1.78 bits per heavy atom. The number of hydrogen-bond acceptors (Lipinski definition) is 6. The molecule has 1 rings (SSSR count). The van der Waals surface area contributed by atoms with Crippen molar-refractivity contribution < 1.29 is 14.3 Å². The Balaban J connectivity index is 2.65. The van der Waals surface area contributed by atoms with E-state index in [1.165, 1.54) is 17.0 Å². The summed E-state index contributed by atoms with van der Waals surface area (Å²) in [5, 5.41) is 17.3. The first kappa shape index (κ1) is 18.7. The molecule has 0 saturated heterocycles. The molecule has 120 valence electrons. The Labute approximate surface area is 143 Å². The second-order valence-corrected chi connectivity index (χ2v) is 5.03. The Morgan fingerprint density at radius 3 is 2.35 bits per heavy atom. The van der Waals surface area contributed by atoms with Gasteiger partial charge in [0.15, 0.2) is 12.3 Å². The summed E-state index contributed by atoms with van der Waals surface area (Å²) in [6.07, 6.45) is 0.236. The lowest BCUT2D eigenvalue weighted by Crippen LogP contribution is -2.36. The Morgan fingerprint density at radius 1 is 1.17 bits per heavy atom. The maximum Gasteiger partial charge on any atom is 0.359 e. The highest BCUT2D eigenvalue weighted by Gasteiger charge is 2.19. The van der Waals surface area contributed by atoms with Gasteiger partial charge in [0, 0.05) is 13.1 Å². The standard InChI is InChI=1S/C14H12Cl2N4O3/c15-10-3-4-11(16)19-13(10)14(22)23-9-12(21)20(7-1-5-17)8-2-6-18/h3-4H,1-2,7-9H2. The zero-order chi connectivity index (χ0) is 17.2. The molecule has 1 aromatic rings. The Hall–Kier alpha value is -2.35. The smallest absolute Gasteiger partial charge is 0.359 e. The third-order valence-corrected chi connectivity index (χ3v) is 3.19. The number of halogens is 2. The van der Waals surface area contributed by atoms with Crippen molar-refractivity contribution in [3.63, 3.8) is 0 Å². The topological polar surface area (TPSA) is 107 Å². The number of carbonyl (C=O) groups excluding carboxylic acids is 2. The van der Waals surface area contributed by atoms with E-state index in [0.717, 1.165) is 0 Å². The highest BCUT2D eigenvalue weighted by Crippen LogP contribution is 2.17. The first-order valence-corrected chi connectivity index (χ1v) is 7.26. The number of carbonyl (C=O) groups is 2. The van der Waals surface area contributed by atoms with Crippen LogP contribution in [0.1, 0.15) is 23.3 Å². The van der Waals surface area contributed by atoms with Gasteiger partial charge in [-0.1, -0.05) is 23.2 Å². The van der Waals surface area contributed by atoms with Crippen molar-refractivity contribution in [2.45, 2.75) is 12.8 Å². The monoisotopic (exact) mass is 354 g/mol. The van der Waals surface area contributed by atoms with Gasteiger partial charge in [-0.2, -0.15) is 10.5 Å². The van der Waals surface area contributed by atoms with E-state index in [1.807, 2.05) is 12.1 Å². The van der Waals surface area contributed by atoms with Crippen LogP contribution in [0.2, 0.25) is 10.2 Å². The number of esters is 1. The molecule has 0 radical (unpaired) electrons. The first-order chi connectivity index (χ1) is 11.0. The van der Waals surface area contributed by atoms with Gasteiger partial charge in [-0.25, -0.2) is 9.78 Å². The molecule has 0 fully saturated rings. The molecule has 0 spiro atoms. The zero-order valence-corrected chi connectivity index (χ0v) is 13.5. The lowest BCUT2D eigenvalue weighted by Gasteiger charge is -2.20. The van der Waals surface area contributed by atoms with Gasteiger partial charge in [-0.3, -0.25) is 4.79 Å². The summed E-state index contributed by atoms with van der Waals surface area (Å²) >= 11 is 11.5. The average molecular weight is 355 g/mol. The largest absolute Gasteiger partial charge is 0.451 e. The molecule has 0 aliphatic rings. The fourth-order valence-electron chi connectivity index (χ4n) is 1.58. The molecule has 1 aromatic heterocycles. The van der Waals surface area contributed by atoms with Crippen molar-refractivity contribution in [1.29, 1.82) is 10.5 Å². The predicted octanol–water partition coefficient (Wildman–Crippen LogP) is 2.20. The average Bonchev–Trinajstić information content (AvgIpc) is 2.54. The van der Waals surface area contributed by atoms with Crippen LogP contribution in [0.5, 0.6) is 0 Å². The van der Waals surface area contributed by atoms with Gasteiger partial charge in [-0.15, -0.1) is 0 Å². The summed E-state index contributed by atoms with van der Waals surface area (Å²) < 4.78 is 4.87. The van der Waals surface area contributed by atoms with E-state index in [1.54, 1.807) is 0 Å². The molecule has 0 aliphatic carbocycles. The van der Waals surface area contributed by atoms with Crippen LogP contribution in [0.3, 0.4) is 0 Å². The van der Waals surface area contributed by atoms with E-state index in [4.69, 9.17) is 38.5 Å². The number of amides is 1. The molecule has 1 amide bonds. The highest BCUT2D eigenvalue weighted by atomic mass is 35.5. The van der Waals surface area contributed by atoms with Gasteiger partial charge in [0.1, 0.15) is 5.15 Å². The lowest BCUT2D eigenvalue weighted by molar-refractivity contribution is -0.134. The van der Waals surface area contributed by atoms with E-state index in [0.29, 0.717) is 0 Å². The number of pyridine rings is 1. The van der Waals surface area contributed by atoms with Crippen molar-refractivity contribution in [3.05, 3.63) is 28.0 Å². The zero-order valence-electron chi connectivity index (χ0n) is 12.0. The van der Waals surface area contributed by atoms with Crippen molar-refractivity contribution >= 4 is 35.1 Å². The minimum absolute atomic E-state index is 0.0534. The van der Waals surface area contributed by atoms with Crippen LogP contribution < -0.4 is 0 Å². The van der Waals surface area contributed by atoms with Crippen LogP contribution in [0.15, 0.2) is 12.1 Å². The summed E-state index contributed by atoms with van der Waals surface area (Å²) in [6, 6.07) is 6.62. The van der Waals surface area contributed by atoms with Crippen LogP contribution in [0, 0.1) is 22.7 Å². The van der Waals surface area contributed by atoms with Gasteiger partial charge >= 0.3 is 5.97 Å². The summed E-state index contributed by atoms with van der Waals surface area (Å²) in [6.45, 7) is -0.227. The molecule has 0 N–H and O–H groups in total. The summed E-state index contributed by atoms with van der Waals surface area (Å²) in [4.78, 5) is 28.9. The minimum Gasteiger partial charge on any atom is -0.451 e. The van der Waals surface area contributed by atoms with Crippen LogP contribution in [0.25, 0.3) is 0 Å². The Bertz CT molecular complexity index is 649. The summed E-state index contributed by atoms with van der Waals surface area (Å²) in [7, 11) is 0. The molecule has 0 saturated carbocycles. The van der Waals surface area contributed by atoms with Crippen molar-refractivity contribution in [2.24, 2.45) is 0 Å². The fraction of sp³-hybridized carbons (Fsp3) is 0.357. The molecule has 0 aliphatic heterocycles. The van der Waals surface area contributed by atoms with Gasteiger partial charge in [0.25, 0.3) is 5.91 Å². The lowest BCUT2D eigenvalue weighted by atomic mass is 10.3. The molecule has 0 aromatic carbocycles. The second kappa shape index (κ2) is 9.62. The van der Waals surface area contributed by atoms with Crippen molar-refractivity contribution in [2.75, 3.05) is 19.7 Å². The predicted molar refractivity (Wildman–Crippen MR) is 81.6 cm³/mol. The van der Waals surface area contributed by atoms with E-state index >= 15 is 0 Å². The molecule has 7 nitrogen and oxygen atoms in total. The normalized spacial score (nSPS) is 9.57. The van der Waals surface area contributed by atoms with Gasteiger partial charge in [0.05, 0.1) is 30.0 Å². The number of nitrogens with zero attached hydrogens (tertiary/aromatic N) is 4. The minimum atomic E-state index is -0.883. The molecule has 1 heterocycles. The number of hydrogen-bond donors (Lipinski definition) is 0. The number of nitriles is 2. The Kier molecular flexibility index (Phi) is 7.82. The molecule has 23 heavy (non-hydrogen) atoms. The molecule has 0 unspecified atom stereocenters. The van der Waals surface area contributed by atoms with Crippen LogP contribution >= 0.6 is 23.2 Å². The van der Waals surface area contributed by atoms with E-state index in [9.17, 15) is 9.59 Å². The van der Waals surface area contributed by atoms with Gasteiger partial charge in [0.2, 0.25) is 0 Å². The third-order valence-electron chi connectivity index (χ3n) is 2.67. The van der Waals surface area contributed by atoms with Gasteiger partial charge < -0.3 is 9.64 Å². The van der Waals surface area contributed by atoms with Crippen LogP contribution in [0.4, 0.5) is 0 Å². The van der Waals surface area contributed by atoms with Crippen LogP contribution in [-0.4, -0.2) is 41.5 Å². The number of ether oxygens (including phenoxy) is 1. The molecule has 9 heteroatoms. The summed E-state index contributed by atoms with van der Waals surface area (Å²) in [5.41, 5.74) is -0.187. The molecular weight excluding hydrogens is 343 g/mol. The SMILES string of the molecule is N#CCCN(CCC#N)C(=O)COC(=O)c1nc(Cl)ccc1Cl. The maximum absolute atomic E-state index is 12.0. The van der Waals surface area contributed by atoms with Gasteiger partial charge in [-0.05, 0) is 12.1 Å². The van der Waals surface area contributed by atoms with Crippen molar-refractivity contribution in [1.82, 2.24) is 9.88 Å². The first-order valence-electron chi connectivity index (χ1n) is 6.50. The molecular formula is C14H12Cl2N4O3. The molecule has 0 atom stereocenters. The second-order valence-electron chi connectivity index (χ2n) is 4.24. The quantitative estimate of drug-likeness (QED) is 0.548. The summed E-state index contributed by atoms with van der Waals surface area (Å²) in [5.74, 6) is -1.40.